The zero-order valence-corrected chi connectivity index (χ0v) is 9.44. The zero-order chi connectivity index (χ0) is 10.6. The minimum Gasteiger partial charge on any atom is -0.493 e. The summed E-state index contributed by atoms with van der Waals surface area (Å²) in [7, 11) is 1.39. The Morgan fingerprint density at radius 2 is 2.29 bits per heavy atom. The highest BCUT2D eigenvalue weighted by Gasteiger charge is 2.12. The van der Waals surface area contributed by atoms with Crippen LogP contribution in [0.25, 0.3) is 0 Å². The van der Waals surface area contributed by atoms with Gasteiger partial charge in [-0.05, 0) is 19.9 Å². The van der Waals surface area contributed by atoms with Gasteiger partial charge < -0.3 is 9.47 Å². The molecule has 14 heavy (non-hydrogen) atoms. The quantitative estimate of drug-likeness (QED) is 0.721. The molecule has 1 rings (SSSR count). The van der Waals surface area contributed by atoms with Crippen molar-refractivity contribution in [2.45, 2.75) is 20.3 Å². The van der Waals surface area contributed by atoms with Crippen molar-refractivity contribution < 1.29 is 14.3 Å². The van der Waals surface area contributed by atoms with Crippen molar-refractivity contribution in [2.24, 2.45) is 0 Å². The van der Waals surface area contributed by atoms with Crippen molar-refractivity contribution in [1.29, 1.82) is 0 Å². The van der Waals surface area contributed by atoms with Gasteiger partial charge in [0.2, 0.25) is 0 Å². The number of thiophene rings is 1. The molecule has 1 aromatic heterocycles. The molecule has 78 valence electrons. The standard InChI is InChI=1S/C10H14O3S/c1-4-13-8-5-7(2)14-9(8)6-10(11)12-3/h5H,4,6H2,1-3H3. The second-order valence-corrected chi connectivity index (χ2v) is 4.17. The maximum atomic E-state index is 11.1. The largest absolute Gasteiger partial charge is 0.493 e. The molecular weight excluding hydrogens is 200 g/mol. The molecule has 1 heterocycles. The van der Waals surface area contributed by atoms with Crippen LogP contribution in [0.15, 0.2) is 6.07 Å². The van der Waals surface area contributed by atoms with Crippen LogP contribution >= 0.6 is 11.3 Å². The summed E-state index contributed by atoms with van der Waals surface area (Å²) >= 11 is 1.57. The fraction of sp³-hybridized carbons (Fsp3) is 0.500. The lowest BCUT2D eigenvalue weighted by molar-refractivity contribution is -0.139. The normalized spacial score (nSPS) is 9.93. The average molecular weight is 214 g/mol. The maximum absolute atomic E-state index is 11.1. The van der Waals surface area contributed by atoms with Crippen molar-refractivity contribution in [1.82, 2.24) is 0 Å². The lowest BCUT2D eigenvalue weighted by Gasteiger charge is -2.02. The second-order valence-electron chi connectivity index (χ2n) is 2.83. The summed E-state index contributed by atoms with van der Waals surface area (Å²) in [6, 6.07) is 1.95. The molecule has 0 unspecified atom stereocenters. The molecule has 0 aliphatic heterocycles. The third-order valence-corrected chi connectivity index (χ3v) is 2.76. The van der Waals surface area contributed by atoms with Gasteiger partial charge in [0.1, 0.15) is 5.75 Å². The fourth-order valence-corrected chi connectivity index (χ4v) is 2.11. The molecule has 0 aliphatic rings. The Balaban J connectivity index is 2.78. The molecule has 0 N–H and O–H groups in total. The van der Waals surface area contributed by atoms with Gasteiger partial charge in [0.05, 0.1) is 25.0 Å². The first-order chi connectivity index (χ1) is 6.67. The predicted octanol–water partition coefficient (Wildman–Crippen LogP) is 2.17. The van der Waals surface area contributed by atoms with Gasteiger partial charge in [0.25, 0.3) is 0 Å². The van der Waals surface area contributed by atoms with Crippen LogP contribution in [0.1, 0.15) is 16.7 Å². The Hall–Kier alpha value is -1.03. The van der Waals surface area contributed by atoms with E-state index in [4.69, 9.17) is 4.74 Å². The minimum atomic E-state index is -0.229. The molecule has 0 saturated heterocycles. The first kappa shape index (κ1) is 11.0. The lowest BCUT2D eigenvalue weighted by atomic mass is 10.3. The van der Waals surface area contributed by atoms with Crippen LogP contribution in [0, 0.1) is 6.92 Å². The highest BCUT2D eigenvalue weighted by atomic mass is 32.1. The van der Waals surface area contributed by atoms with Crippen molar-refractivity contribution in [3.63, 3.8) is 0 Å². The molecule has 0 aliphatic carbocycles. The summed E-state index contributed by atoms with van der Waals surface area (Å²) in [6.45, 7) is 4.53. The molecule has 0 atom stereocenters. The van der Waals surface area contributed by atoms with Crippen molar-refractivity contribution in [3.8, 4) is 5.75 Å². The Morgan fingerprint density at radius 1 is 1.57 bits per heavy atom. The number of hydrogen-bond acceptors (Lipinski definition) is 4. The fourth-order valence-electron chi connectivity index (χ4n) is 1.14. The molecule has 3 nitrogen and oxygen atoms in total. The summed E-state index contributed by atoms with van der Waals surface area (Å²) < 4.78 is 10.0. The number of carbonyl (C=O) groups excluding carboxylic acids is 1. The third-order valence-electron chi connectivity index (χ3n) is 1.73. The van der Waals surface area contributed by atoms with Gasteiger partial charge in [0, 0.05) is 4.88 Å². The van der Waals surface area contributed by atoms with Crippen LogP contribution in [0.5, 0.6) is 5.75 Å². The van der Waals surface area contributed by atoms with Crippen molar-refractivity contribution >= 4 is 17.3 Å². The number of aryl methyl sites for hydroxylation is 1. The van der Waals surface area contributed by atoms with Crippen LogP contribution in [-0.2, 0) is 16.0 Å². The SMILES string of the molecule is CCOc1cc(C)sc1CC(=O)OC. The smallest absolute Gasteiger partial charge is 0.310 e. The van der Waals surface area contributed by atoms with E-state index in [2.05, 4.69) is 4.74 Å². The number of hydrogen-bond donors (Lipinski definition) is 0. The summed E-state index contributed by atoms with van der Waals surface area (Å²) in [5.74, 6) is 0.577. The first-order valence-electron chi connectivity index (χ1n) is 4.46. The summed E-state index contributed by atoms with van der Waals surface area (Å²) in [4.78, 5) is 13.2. The minimum absolute atomic E-state index is 0.229. The first-order valence-corrected chi connectivity index (χ1v) is 5.28. The van der Waals surface area contributed by atoms with E-state index in [1.54, 1.807) is 11.3 Å². The number of ether oxygens (including phenoxy) is 2. The Kier molecular flexibility index (Phi) is 3.95. The van der Waals surface area contributed by atoms with Gasteiger partial charge in [-0.25, -0.2) is 0 Å². The van der Waals surface area contributed by atoms with Crippen LogP contribution in [0.2, 0.25) is 0 Å². The molecule has 0 saturated carbocycles. The van der Waals surface area contributed by atoms with Gasteiger partial charge in [-0.3, -0.25) is 4.79 Å². The van der Waals surface area contributed by atoms with Crippen molar-refractivity contribution in [2.75, 3.05) is 13.7 Å². The van der Waals surface area contributed by atoms with E-state index in [-0.39, 0.29) is 5.97 Å². The van der Waals surface area contributed by atoms with Gasteiger partial charge in [-0.15, -0.1) is 11.3 Å². The van der Waals surface area contributed by atoms with Gasteiger partial charge in [0.15, 0.2) is 0 Å². The monoisotopic (exact) mass is 214 g/mol. The topological polar surface area (TPSA) is 35.5 Å². The second kappa shape index (κ2) is 5.00. The van der Waals surface area contributed by atoms with Gasteiger partial charge in [-0.1, -0.05) is 0 Å². The Bertz CT molecular complexity index is 317. The van der Waals surface area contributed by atoms with Gasteiger partial charge in [-0.2, -0.15) is 0 Å². The van der Waals surface area contributed by atoms with E-state index in [0.29, 0.717) is 13.0 Å². The Labute approximate surface area is 87.7 Å². The summed E-state index contributed by atoms with van der Waals surface area (Å²) in [5.41, 5.74) is 0. The van der Waals surface area contributed by atoms with Gasteiger partial charge >= 0.3 is 5.97 Å². The molecule has 0 fully saturated rings. The number of methoxy groups -OCH3 is 1. The molecule has 0 aromatic carbocycles. The molecule has 0 radical (unpaired) electrons. The molecule has 1 aromatic rings. The average Bonchev–Trinajstić information content (AvgIpc) is 2.47. The summed E-state index contributed by atoms with van der Waals surface area (Å²) in [6.07, 6.45) is 0.296. The van der Waals surface area contributed by atoms with Crippen LogP contribution in [0.4, 0.5) is 0 Å². The number of esters is 1. The summed E-state index contributed by atoms with van der Waals surface area (Å²) in [5, 5.41) is 0. The predicted molar refractivity (Wildman–Crippen MR) is 55.9 cm³/mol. The van der Waals surface area contributed by atoms with E-state index in [9.17, 15) is 4.79 Å². The van der Waals surface area contributed by atoms with E-state index < -0.39 is 0 Å². The number of carbonyl (C=O) groups is 1. The van der Waals surface area contributed by atoms with Crippen LogP contribution < -0.4 is 4.74 Å². The van der Waals surface area contributed by atoms with Crippen LogP contribution in [-0.4, -0.2) is 19.7 Å². The third kappa shape index (κ3) is 2.73. The lowest BCUT2D eigenvalue weighted by Crippen LogP contribution is -2.04. The highest BCUT2D eigenvalue weighted by Crippen LogP contribution is 2.29. The molecule has 4 heteroatoms. The number of rotatable bonds is 4. The Morgan fingerprint density at radius 3 is 2.86 bits per heavy atom. The molecule has 0 bridgehead atoms. The van der Waals surface area contributed by atoms with Crippen LogP contribution in [0.3, 0.4) is 0 Å². The molecular formula is C10H14O3S. The van der Waals surface area contributed by atoms with E-state index in [1.165, 1.54) is 7.11 Å². The maximum Gasteiger partial charge on any atom is 0.310 e. The molecule has 0 spiro atoms. The molecule has 0 amide bonds. The zero-order valence-electron chi connectivity index (χ0n) is 8.62. The van der Waals surface area contributed by atoms with E-state index in [0.717, 1.165) is 15.5 Å². The van der Waals surface area contributed by atoms with E-state index in [1.807, 2.05) is 19.9 Å². The highest BCUT2D eigenvalue weighted by molar-refractivity contribution is 7.12. The van der Waals surface area contributed by atoms with E-state index >= 15 is 0 Å². The van der Waals surface area contributed by atoms with Crippen molar-refractivity contribution in [3.05, 3.63) is 15.8 Å².